The molecule has 0 bridgehead atoms. The summed E-state index contributed by atoms with van der Waals surface area (Å²) < 4.78 is 0. The monoisotopic (exact) mass is 174 g/mol. The highest BCUT2D eigenvalue weighted by molar-refractivity contribution is 6.29. The van der Waals surface area contributed by atoms with Crippen LogP contribution >= 0.6 is 11.6 Å². The second-order valence-electron chi connectivity index (χ2n) is 1.55. The molecule has 0 fully saturated rings. The van der Waals surface area contributed by atoms with Crippen molar-refractivity contribution < 1.29 is 9.90 Å². The number of hydrogen-bond acceptors (Lipinski definition) is 3. The molecular formula is C6H7ClN2O2. The lowest BCUT2D eigenvalue weighted by molar-refractivity contribution is -0.134. The van der Waals surface area contributed by atoms with Gasteiger partial charge in [-0.3, -0.25) is 9.78 Å². The molecule has 0 spiro atoms. The Balaban J connectivity index is 0.000000218. The van der Waals surface area contributed by atoms with Gasteiger partial charge in [-0.25, -0.2) is 4.98 Å². The molecule has 0 aliphatic rings. The van der Waals surface area contributed by atoms with Crippen molar-refractivity contribution in [3.05, 3.63) is 23.7 Å². The Bertz CT molecular complexity index is 211. The molecule has 1 rings (SSSR count). The first-order valence-corrected chi connectivity index (χ1v) is 3.11. The molecule has 0 aliphatic heterocycles. The number of halogens is 1. The van der Waals surface area contributed by atoms with Crippen molar-refractivity contribution >= 4 is 17.6 Å². The summed E-state index contributed by atoms with van der Waals surface area (Å²) in [6.07, 6.45) is 4.61. The third kappa shape index (κ3) is 8.84. The summed E-state index contributed by atoms with van der Waals surface area (Å²) >= 11 is 5.37. The molecule has 0 amide bonds. The molecule has 1 N–H and O–H groups in total. The van der Waals surface area contributed by atoms with Crippen LogP contribution in [-0.4, -0.2) is 21.0 Å². The topological polar surface area (TPSA) is 63.1 Å². The van der Waals surface area contributed by atoms with Crippen LogP contribution in [0.25, 0.3) is 0 Å². The fourth-order valence-electron chi connectivity index (χ4n) is 0.281. The number of carboxylic acid groups (broad SMARTS) is 1. The van der Waals surface area contributed by atoms with Crippen molar-refractivity contribution in [2.24, 2.45) is 0 Å². The summed E-state index contributed by atoms with van der Waals surface area (Å²) in [6.45, 7) is 1.08. The van der Waals surface area contributed by atoms with E-state index >= 15 is 0 Å². The number of nitrogens with zero attached hydrogens (tertiary/aromatic N) is 2. The largest absolute Gasteiger partial charge is 0.481 e. The first-order valence-electron chi connectivity index (χ1n) is 2.74. The Morgan fingerprint density at radius 3 is 2.36 bits per heavy atom. The number of aromatic nitrogens is 2. The number of hydrogen-bond donors (Lipinski definition) is 1. The average molecular weight is 175 g/mol. The number of rotatable bonds is 0. The molecule has 0 aliphatic carbocycles. The Hall–Kier alpha value is -1.16. The van der Waals surface area contributed by atoms with E-state index in [0.29, 0.717) is 5.15 Å². The summed E-state index contributed by atoms with van der Waals surface area (Å²) in [7, 11) is 0. The minimum atomic E-state index is -0.833. The Morgan fingerprint density at radius 1 is 1.64 bits per heavy atom. The van der Waals surface area contributed by atoms with Crippen LogP contribution in [0, 0.1) is 0 Å². The van der Waals surface area contributed by atoms with Crippen molar-refractivity contribution in [1.82, 2.24) is 9.97 Å². The van der Waals surface area contributed by atoms with Crippen LogP contribution in [0.4, 0.5) is 0 Å². The first kappa shape index (κ1) is 9.84. The fourth-order valence-corrected chi connectivity index (χ4v) is 0.394. The summed E-state index contributed by atoms with van der Waals surface area (Å²) in [6, 6.07) is 0. The molecule has 1 aromatic rings. The van der Waals surface area contributed by atoms with Crippen LogP contribution in [0.15, 0.2) is 18.6 Å². The molecule has 1 aromatic heterocycles. The van der Waals surface area contributed by atoms with Gasteiger partial charge in [0.15, 0.2) is 0 Å². The van der Waals surface area contributed by atoms with Crippen LogP contribution in [0.1, 0.15) is 6.92 Å². The maximum Gasteiger partial charge on any atom is 0.300 e. The smallest absolute Gasteiger partial charge is 0.300 e. The predicted octanol–water partition coefficient (Wildman–Crippen LogP) is 1.22. The van der Waals surface area contributed by atoms with Gasteiger partial charge in [-0.05, 0) is 0 Å². The molecule has 60 valence electrons. The number of carboxylic acids is 1. The van der Waals surface area contributed by atoms with Gasteiger partial charge in [0, 0.05) is 19.3 Å². The van der Waals surface area contributed by atoms with Gasteiger partial charge in [0.1, 0.15) is 5.15 Å². The zero-order valence-electron chi connectivity index (χ0n) is 5.86. The molecule has 4 nitrogen and oxygen atoms in total. The summed E-state index contributed by atoms with van der Waals surface area (Å²) in [4.78, 5) is 16.4. The maximum absolute atomic E-state index is 9.00. The Morgan fingerprint density at radius 2 is 2.18 bits per heavy atom. The van der Waals surface area contributed by atoms with E-state index in [1.165, 1.54) is 6.20 Å². The van der Waals surface area contributed by atoms with Crippen molar-refractivity contribution in [3.8, 4) is 0 Å². The Labute approximate surface area is 68.9 Å². The van der Waals surface area contributed by atoms with Crippen LogP contribution in [0.3, 0.4) is 0 Å². The van der Waals surface area contributed by atoms with Gasteiger partial charge < -0.3 is 5.11 Å². The van der Waals surface area contributed by atoms with Gasteiger partial charge in [-0.2, -0.15) is 0 Å². The quantitative estimate of drug-likeness (QED) is 0.643. The van der Waals surface area contributed by atoms with Gasteiger partial charge in [0.25, 0.3) is 5.97 Å². The fraction of sp³-hybridized carbons (Fsp3) is 0.167. The van der Waals surface area contributed by atoms with E-state index in [1.807, 2.05) is 0 Å². The molecule has 0 saturated heterocycles. The SMILES string of the molecule is CC(=O)O.Clc1cnccn1. The molecule has 0 saturated carbocycles. The highest BCUT2D eigenvalue weighted by atomic mass is 35.5. The van der Waals surface area contributed by atoms with E-state index < -0.39 is 5.97 Å². The minimum absolute atomic E-state index is 0.433. The Kier molecular flexibility index (Phi) is 5.02. The minimum Gasteiger partial charge on any atom is -0.481 e. The lowest BCUT2D eigenvalue weighted by Gasteiger charge is -1.79. The number of carbonyl (C=O) groups is 1. The van der Waals surface area contributed by atoms with E-state index in [4.69, 9.17) is 21.5 Å². The molecular weight excluding hydrogens is 168 g/mol. The third-order valence-electron chi connectivity index (χ3n) is 0.532. The highest BCUT2D eigenvalue weighted by Crippen LogP contribution is 1.95. The molecule has 5 heteroatoms. The highest BCUT2D eigenvalue weighted by Gasteiger charge is 1.77. The second kappa shape index (κ2) is 5.61. The van der Waals surface area contributed by atoms with Crippen molar-refractivity contribution in [2.45, 2.75) is 6.92 Å². The van der Waals surface area contributed by atoms with Gasteiger partial charge in [-0.1, -0.05) is 11.6 Å². The summed E-state index contributed by atoms with van der Waals surface area (Å²) in [5.41, 5.74) is 0. The normalized spacial score (nSPS) is 7.82. The lowest BCUT2D eigenvalue weighted by Crippen LogP contribution is -1.78. The van der Waals surface area contributed by atoms with Gasteiger partial charge in [0.2, 0.25) is 0 Å². The van der Waals surface area contributed by atoms with Crippen molar-refractivity contribution in [3.63, 3.8) is 0 Å². The zero-order valence-corrected chi connectivity index (χ0v) is 6.62. The molecule has 0 unspecified atom stereocenters. The zero-order chi connectivity index (χ0) is 8.69. The van der Waals surface area contributed by atoms with Crippen LogP contribution in [0.2, 0.25) is 5.15 Å². The van der Waals surface area contributed by atoms with Gasteiger partial charge in [-0.15, -0.1) is 0 Å². The van der Waals surface area contributed by atoms with Crippen molar-refractivity contribution in [1.29, 1.82) is 0 Å². The van der Waals surface area contributed by atoms with E-state index in [1.54, 1.807) is 12.4 Å². The van der Waals surface area contributed by atoms with E-state index in [0.717, 1.165) is 6.92 Å². The van der Waals surface area contributed by atoms with Crippen LogP contribution in [-0.2, 0) is 4.79 Å². The van der Waals surface area contributed by atoms with E-state index in [-0.39, 0.29) is 0 Å². The molecule has 0 atom stereocenters. The number of aliphatic carboxylic acids is 1. The average Bonchev–Trinajstić information content (AvgIpc) is 1.87. The predicted molar refractivity (Wildman–Crippen MR) is 40.4 cm³/mol. The summed E-state index contributed by atoms with van der Waals surface area (Å²) in [5.74, 6) is -0.833. The maximum atomic E-state index is 9.00. The molecule has 1 heterocycles. The molecule has 0 aromatic carbocycles. The lowest BCUT2D eigenvalue weighted by atomic mass is 10.8. The second-order valence-corrected chi connectivity index (χ2v) is 1.93. The van der Waals surface area contributed by atoms with E-state index in [9.17, 15) is 0 Å². The molecule has 0 radical (unpaired) electrons. The van der Waals surface area contributed by atoms with Gasteiger partial charge in [0.05, 0.1) is 6.20 Å². The van der Waals surface area contributed by atoms with Crippen LogP contribution in [0.5, 0.6) is 0 Å². The molecule has 11 heavy (non-hydrogen) atoms. The standard InChI is InChI=1S/C4H3ClN2.C2H4O2/c5-4-3-6-1-2-7-4;1-2(3)4/h1-3H;1H3,(H,3,4). The van der Waals surface area contributed by atoms with E-state index in [2.05, 4.69) is 9.97 Å². The third-order valence-corrected chi connectivity index (χ3v) is 0.727. The summed E-state index contributed by atoms with van der Waals surface area (Å²) in [5, 5.41) is 7.85. The first-order chi connectivity index (χ1) is 5.13. The van der Waals surface area contributed by atoms with Crippen molar-refractivity contribution in [2.75, 3.05) is 0 Å². The van der Waals surface area contributed by atoms with Gasteiger partial charge >= 0.3 is 0 Å². The van der Waals surface area contributed by atoms with Crippen LogP contribution < -0.4 is 0 Å².